The fraction of sp³-hybridized carbons (Fsp3) is 0.0172. The summed E-state index contributed by atoms with van der Waals surface area (Å²) in [5.74, 6) is 0. The summed E-state index contributed by atoms with van der Waals surface area (Å²) in [7, 11) is 0. The maximum Gasteiger partial charge on any atom is 0.0727 e. The van der Waals surface area contributed by atoms with E-state index in [-0.39, 0.29) is 0 Å². The van der Waals surface area contributed by atoms with Crippen molar-refractivity contribution < 1.29 is 0 Å². The Labute approximate surface area is 342 Å². The molecule has 1 heteroatoms. The Bertz CT molecular complexity index is 3490. The van der Waals surface area contributed by atoms with Gasteiger partial charge in [-0.2, -0.15) is 0 Å². The number of rotatable bonds is 3. The first kappa shape index (κ1) is 32.5. The Morgan fingerprint density at radius 1 is 0.305 bits per heavy atom. The fourth-order valence-electron chi connectivity index (χ4n) is 11.0. The molecule has 0 bridgehead atoms. The summed E-state index contributed by atoms with van der Waals surface area (Å²) in [6.07, 6.45) is 4.06. The lowest BCUT2D eigenvalue weighted by atomic mass is 9.61. The summed E-state index contributed by atoms with van der Waals surface area (Å²) in [6.45, 7) is 0. The van der Waals surface area contributed by atoms with Crippen molar-refractivity contribution in [3.8, 4) is 55.6 Å². The SMILES string of the molecule is c1ccc2c(c1)-c1cccc3cccc(c13)C21c2ccncc2-c2ccc(-c3c4ccccc4c(-c4ccc(-c5cccc6ccccc56)cc4)c4ccccc34)cc21. The summed E-state index contributed by atoms with van der Waals surface area (Å²) >= 11 is 0. The zero-order chi connectivity index (χ0) is 38.7. The quantitative estimate of drug-likeness (QED) is 0.164. The molecule has 0 fully saturated rings. The molecule has 11 aromatic rings. The molecule has 0 saturated heterocycles. The standard InChI is InChI=1S/C58H35N/c1-2-16-41-36(12-1)13-9-22-42(41)37-26-28-39(29-27-37)55-46-18-3-5-20-48(46)56(49-21-6-4-19-47(49)55)40-30-31-44-50-35-59-33-32-52(50)58(54(44)34-40)51-24-8-7-17-43(51)45-23-10-14-38-15-11-25-53(58)57(38)45/h1-35H. The fourth-order valence-corrected chi connectivity index (χ4v) is 11.0. The third-order valence-electron chi connectivity index (χ3n) is 13.4. The van der Waals surface area contributed by atoms with Gasteiger partial charge in [0.25, 0.3) is 0 Å². The Morgan fingerprint density at radius 3 is 1.58 bits per heavy atom. The van der Waals surface area contributed by atoms with Gasteiger partial charge in [0.15, 0.2) is 0 Å². The van der Waals surface area contributed by atoms with Crippen molar-refractivity contribution in [3.05, 3.63) is 235 Å². The third kappa shape index (κ3) is 4.37. The van der Waals surface area contributed by atoms with Crippen LogP contribution in [0, 0.1) is 0 Å². The van der Waals surface area contributed by atoms with Crippen LogP contribution < -0.4 is 0 Å². The molecule has 0 saturated carbocycles. The molecule has 0 N–H and O–H groups in total. The van der Waals surface area contributed by atoms with E-state index in [1.54, 1.807) is 0 Å². The molecule has 0 amide bonds. The minimum Gasteiger partial charge on any atom is -0.264 e. The number of nitrogens with zero attached hydrogens (tertiary/aromatic N) is 1. The van der Waals surface area contributed by atoms with Crippen molar-refractivity contribution in [2.24, 2.45) is 0 Å². The van der Waals surface area contributed by atoms with E-state index < -0.39 is 5.41 Å². The van der Waals surface area contributed by atoms with Gasteiger partial charge in [-0.25, -0.2) is 0 Å². The molecule has 1 spiro atoms. The molecule has 0 radical (unpaired) electrons. The number of aromatic nitrogens is 1. The predicted octanol–water partition coefficient (Wildman–Crippen LogP) is 15.0. The number of hydrogen-bond donors (Lipinski definition) is 0. The molecular formula is C58H35N. The van der Waals surface area contributed by atoms with Gasteiger partial charge in [-0.1, -0.05) is 188 Å². The Morgan fingerprint density at radius 2 is 0.814 bits per heavy atom. The topological polar surface area (TPSA) is 12.9 Å². The average Bonchev–Trinajstić information content (AvgIpc) is 3.59. The Kier molecular flexibility index (Phi) is 6.71. The summed E-state index contributed by atoms with van der Waals surface area (Å²) in [5, 5.41) is 10.1. The van der Waals surface area contributed by atoms with Gasteiger partial charge in [0, 0.05) is 18.0 Å². The maximum absolute atomic E-state index is 4.72. The van der Waals surface area contributed by atoms with E-state index in [2.05, 4.69) is 206 Å². The van der Waals surface area contributed by atoms with E-state index in [0.29, 0.717) is 0 Å². The first-order chi connectivity index (χ1) is 29.3. The minimum absolute atomic E-state index is 0.508. The zero-order valence-electron chi connectivity index (χ0n) is 32.2. The van der Waals surface area contributed by atoms with E-state index in [1.165, 1.54) is 121 Å². The Hall–Kier alpha value is -7.61. The van der Waals surface area contributed by atoms with Crippen molar-refractivity contribution >= 4 is 43.1 Å². The molecule has 13 rings (SSSR count). The number of pyridine rings is 1. The van der Waals surface area contributed by atoms with Gasteiger partial charge in [-0.3, -0.25) is 4.98 Å². The molecule has 1 heterocycles. The van der Waals surface area contributed by atoms with Gasteiger partial charge < -0.3 is 0 Å². The van der Waals surface area contributed by atoms with Crippen molar-refractivity contribution in [2.75, 3.05) is 0 Å². The van der Waals surface area contributed by atoms with Crippen molar-refractivity contribution in [2.45, 2.75) is 5.41 Å². The molecule has 1 aromatic heterocycles. The van der Waals surface area contributed by atoms with Crippen LogP contribution in [-0.2, 0) is 5.41 Å². The van der Waals surface area contributed by atoms with E-state index in [4.69, 9.17) is 4.98 Å². The monoisotopic (exact) mass is 745 g/mol. The Balaban J connectivity index is 1.06. The van der Waals surface area contributed by atoms with E-state index in [0.717, 1.165) is 0 Å². The lowest BCUT2D eigenvalue weighted by molar-refractivity contribution is 0.772. The highest BCUT2D eigenvalue weighted by Gasteiger charge is 2.50. The molecule has 272 valence electrons. The molecule has 0 aliphatic heterocycles. The van der Waals surface area contributed by atoms with Crippen LogP contribution in [0.15, 0.2) is 213 Å². The molecule has 1 unspecified atom stereocenters. The van der Waals surface area contributed by atoms with Crippen molar-refractivity contribution in [1.82, 2.24) is 4.98 Å². The van der Waals surface area contributed by atoms with Crippen LogP contribution >= 0.6 is 0 Å². The highest BCUT2D eigenvalue weighted by atomic mass is 14.6. The second kappa shape index (κ2) is 12.2. The largest absolute Gasteiger partial charge is 0.264 e. The normalized spacial score (nSPS) is 14.8. The van der Waals surface area contributed by atoms with E-state index >= 15 is 0 Å². The highest BCUT2D eigenvalue weighted by molar-refractivity contribution is 6.21. The van der Waals surface area contributed by atoms with Gasteiger partial charge in [-0.05, 0) is 128 Å². The molecule has 1 atom stereocenters. The number of benzene rings is 10. The maximum atomic E-state index is 4.72. The minimum atomic E-state index is -0.508. The predicted molar refractivity (Wildman–Crippen MR) is 247 cm³/mol. The molecular weight excluding hydrogens is 711 g/mol. The van der Waals surface area contributed by atoms with Gasteiger partial charge in [0.1, 0.15) is 0 Å². The number of hydrogen-bond acceptors (Lipinski definition) is 1. The molecule has 10 aromatic carbocycles. The van der Waals surface area contributed by atoms with Gasteiger partial charge in [-0.15, -0.1) is 0 Å². The van der Waals surface area contributed by atoms with Gasteiger partial charge in [0.05, 0.1) is 5.41 Å². The summed E-state index contributed by atoms with van der Waals surface area (Å²) in [5.41, 5.74) is 17.3. The summed E-state index contributed by atoms with van der Waals surface area (Å²) in [4.78, 5) is 4.72. The molecule has 2 aliphatic carbocycles. The molecule has 1 nitrogen and oxygen atoms in total. The van der Waals surface area contributed by atoms with E-state index in [9.17, 15) is 0 Å². The highest BCUT2D eigenvalue weighted by Crippen LogP contribution is 2.62. The van der Waals surface area contributed by atoms with Crippen LogP contribution in [0.1, 0.15) is 22.3 Å². The van der Waals surface area contributed by atoms with Crippen molar-refractivity contribution in [1.29, 1.82) is 0 Å². The third-order valence-corrected chi connectivity index (χ3v) is 13.4. The van der Waals surface area contributed by atoms with Crippen LogP contribution in [0.2, 0.25) is 0 Å². The van der Waals surface area contributed by atoms with Gasteiger partial charge >= 0.3 is 0 Å². The first-order valence-electron chi connectivity index (χ1n) is 20.5. The smallest absolute Gasteiger partial charge is 0.0727 e. The second-order valence-electron chi connectivity index (χ2n) is 16.1. The molecule has 2 aliphatic rings. The zero-order valence-corrected chi connectivity index (χ0v) is 32.2. The lowest BCUT2D eigenvalue weighted by Crippen LogP contribution is -2.31. The van der Waals surface area contributed by atoms with Crippen LogP contribution in [0.5, 0.6) is 0 Å². The van der Waals surface area contributed by atoms with Crippen LogP contribution in [0.25, 0.3) is 98.7 Å². The average molecular weight is 746 g/mol. The van der Waals surface area contributed by atoms with Gasteiger partial charge in [0.2, 0.25) is 0 Å². The summed E-state index contributed by atoms with van der Waals surface area (Å²) in [6, 6.07) is 74.7. The lowest BCUT2D eigenvalue weighted by Gasteiger charge is -2.40. The molecule has 59 heavy (non-hydrogen) atoms. The van der Waals surface area contributed by atoms with Crippen LogP contribution in [0.3, 0.4) is 0 Å². The number of fused-ring (bicyclic) bond motifs is 12. The van der Waals surface area contributed by atoms with Crippen molar-refractivity contribution in [3.63, 3.8) is 0 Å². The summed E-state index contributed by atoms with van der Waals surface area (Å²) < 4.78 is 0. The first-order valence-corrected chi connectivity index (χ1v) is 20.5. The van der Waals surface area contributed by atoms with Crippen LogP contribution in [0.4, 0.5) is 0 Å². The second-order valence-corrected chi connectivity index (χ2v) is 16.1. The van der Waals surface area contributed by atoms with E-state index in [1.807, 2.05) is 6.20 Å². The van der Waals surface area contributed by atoms with Crippen LogP contribution in [-0.4, -0.2) is 4.98 Å².